The van der Waals surface area contributed by atoms with Crippen LogP contribution in [0.5, 0.6) is 0 Å². The Morgan fingerprint density at radius 2 is 2.00 bits per heavy atom. The third-order valence-electron chi connectivity index (χ3n) is 6.17. The maximum Gasteiger partial charge on any atom is 0.325 e. The number of ether oxygens (including phenoxy) is 1. The van der Waals surface area contributed by atoms with Crippen LogP contribution in [0.25, 0.3) is 0 Å². The molecule has 0 aromatic rings. The van der Waals surface area contributed by atoms with E-state index in [2.05, 4.69) is 24.5 Å². The maximum absolute atomic E-state index is 12.6. The van der Waals surface area contributed by atoms with E-state index < -0.39 is 11.6 Å². The van der Waals surface area contributed by atoms with E-state index >= 15 is 0 Å². The number of imide groups is 1. The van der Waals surface area contributed by atoms with E-state index in [1.54, 1.807) is 0 Å². The third-order valence-corrected chi connectivity index (χ3v) is 6.17. The average Bonchev–Trinajstić information content (AvgIpc) is 3.10. The highest BCUT2D eigenvalue weighted by atomic mass is 16.5. The number of hydrogen-bond donors (Lipinski definition) is 2. The number of hydrogen-bond acceptors (Lipinski definition) is 4. The normalized spacial score (nSPS) is 33.0. The molecule has 3 aliphatic rings. The second kappa shape index (κ2) is 5.72. The van der Waals surface area contributed by atoms with Crippen LogP contribution in [0.3, 0.4) is 0 Å². The van der Waals surface area contributed by atoms with E-state index in [-0.39, 0.29) is 35.9 Å². The lowest BCUT2D eigenvalue weighted by Crippen LogP contribution is -2.67. The van der Waals surface area contributed by atoms with E-state index in [0.29, 0.717) is 18.8 Å². The SMILES string of the molecule is CCC1(CC)NC(=O)N(CC(=O)NC2C3CCOC3C2(C)C)C1=O. The molecule has 3 rings (SSSR count). The smallest absolute Gasteiger partial charge is 0.325 e. The molecule has 1 aliphatic carbocycles. The summed E-state index contributed by atoms with van der Waals surface area (Å²) in [4.78, 5) is 38.2. The number of nitrogens with zero attached hydrogens (tertiary/aromatic N) is 1. The molecule has 7 heteroatoms. The van der Waals surface area contributed by atoms with Crippen LogP contribution < -0.4 is 10.6 Å². The first-order valence-corrected chi connectivity index (χ1v) is 8.82. The van der Waals surface area contributed by atoms with Crippen LogP contribution >= 0.6 is 0 Å². The van der Waals surface area contributed by atoms with Crippen molar-refractivity contribution in [1.29, 1.82) is 0 Å². The zero-order valence-corrected chi connectivity index (χ0v) is 14.8. The zero-order valence-electron chi connectivity index (χ0n) is 14.8. The largest absolute Gasteiger partial charge is 0.377 e. The fourth-order valence-electron chi connectivity index (χ4n) is 4.53. The van der Waals surface area contributed by atoms with E-state index in [4.69, 9.17) is 4.74 Å². The molecule has 0 spiro atoms. The summed E-state index contributed by atoms with van der Waals surface area (Å²) in [5.74, 6) is -0.259. The molecule has 7 nitrogen and oxygen atoms in total. The van der Waals surface area contributed by atoms with Crippen molar-refractivity contribution in [1.82, 2.24) is 15.5 Å². The average molecular weight is 337 g/mol. The van der Waals surface area contributed by atoms with Gasteiger partial charge in [-0.15, -0.1) is 0 Å². The minimum Gasteiger partial charge on any atom is -0.377 e. The van der Waals surface area contributed by atoms with Crippen molar-refractivity contribution in [2.75, 3.05) is 13.2 Å². The molecular weight excluding hydrogens is 310 g/mol. The van der Waals surface area contributed by atoms with Crippen LogP contribution in [0.1, 0.15) is 47.0 Å². The summed E-state index contributed by atoms with van der Waals surface area (Å²) in [5.41, 5.74) is -0.984. The predicted molar refractivity (Wildman–Crippen MR) is 87.1 cm³/mol. The molecular formula is C17H27N3O4. The lowest BCUT2D eigenvalue weighted by molar-refractivity contribution is -0.142. The molecule has 2 saturated heterocycles. The van der Waals surface area contributed by atoms with Crippen LogP contribution in [0.4, 0.5) is 4.79 Å². The highest BCUT2D eigenvalue weighted by Gasteiger charge is 2.60. The topological polar surface area (TPSA) is 87.7 Å². The standard InChI is InChI=1S/C17H27N3O4/c1-5-17(6-2)14(22)20(15(23)19-17)9-11(21)18-12-10-7-8-24-13(10)16(12,3)4/h10,12-13H,5-9H2,1-4H3,(H,18,21)(H,19,23). The van der Waals surface area contributed by atoms with Crippen LogP contribution in [0.15, 0.2) is 0 Å². The molecule has 2 heterocycles. The predicted octanol–water partition coefficient (Wildman–Crippen LogP) is 1.03. The molecule has 0 aromatic carbocycles. The van der Waals surface area contributed by atoms with Crippen molar-refractivity contribution in [2.45, 2.75) is 64.6 Å². The second-order valence-electron chi connectivity index (χ2n) is 7.72. The van der Waals surface area contributed by atoms with Crippen molar-refractivity contribution >= 4 is 17.8 Å². The number of amides is 4. The molecule has 4 amide bonds. The van der Waals surface area contributed by atoms with Gasteiger partial charge < -0.3 is 15.4 Å². The molecule has 2 N–H and O–H groups in total. The molecule has 134 valence electrons. The summed E-state index contributed by atoms with van der Waals surface area (Å²) in [5, 5.41) is 5.76. The van der Waals surface area contributed by atoms with E-state index in [1.807, 2.05) is 13.8 Å². The molecule has 0 bridgehead atoms. The summed E-state index contributed by atoms with van der Waals surface area (Å²) in [6, 6.07) is -0.450. The molecule has 2 aliphatic heterocycles. The van der Waals surface area contributed by atoms with Gasteiger partial charge in [-0.2, -0.15) is 0 Å². The van der Waals surface area contributed by atoms with Gasteiger partial charge in [0.05, 0.1) is 6.10 Å². The first-order chi connectivity index (χ1) is 11.3. The zero-order chi connectivity index (χ0) is 17.7. The van der Waals surface area contributed by atoms with Crippen molar-refractivity contribution in [2.24, 2.45) is 11.3 Å². The van der Waals surface area contributed by atoms with Crippen LogP contribution in [-0.2, 0) is 14.3 Å². The monoisotopic (exact) mass is 337 g/mol. The number of rotatable bonds is 5. The number of carbonyl (C=O) groups is 3. The highest BCUT2D eigenvalue weighted by molar-refractivity contribution is 6.09. The molecule has 0 aromatic heterocycles. The minimum atomic E-state index is -0.864. The lowest BCUT2D eigenvalue weighted by atomic mass is 9.57. The summed E-state index contributed by atoms with van der Waals surface area (Å²) in [7, 11) is 0. The van der Waals surface area contributed by atoms with Gasteiger partial charge in [-0.25, -0.2) is 4.79 Å². The second-order valence-corrected chi connectivity index (χ2v) is 7.72. The quantitative estimate of drug-likeness (QED) is 0.734. The highest BCUT2D eigenvalue weighted by Crippen LogP contribution is 2.52. The molecule has 3 atom stereocenters. The first-order valence-electron chi connectivity index (χ1n) is 8.82. The van der Waals surface area contributed by atoms with Crippen LogP contribution in [0.2, 0.25) is 0 Å². The van der Waals surface area contributed by atoms with Crippen molar-refractivity contribution in [3.63, 3.8) is 0 Å². The van der Waals surface area contributed by atoms with Gasteiger partial charge in [0.1, 0.15) is 12.1 Å². The van der Waals surface area contributed by atoms with Crippen LogP contribution in [0, 0.1) is 11.3 Å². The van der Waals surface area contributed by atoms with Gasteiger partial charge in [-0.05, 0) is 19.3 Å². The Labute approximate surface area is 142 Å². The molecule has 3 fully saturated rings. The Hall–Kier alpha value is -1.63. The van der Waals surface area contributed by atoms with Crippen LogP contribution in [-0.4, -0.2) is 53.6 Å². The van der Waals surface area contributed by atoms with Gasteiger partial charge in [0.2, 0.25) is 5.91 Å². The minimum absolute atomic E-state index is 0.0281. The molecule has 0 radical (unpaired) electrons. The van der Waals surface area contributed by atoms with E-state index in [9.17, 15) is 14.4 Å². The summed E-state index contributed by atoms with van der Waals surface area (Å²) in [6.07, 6.45) is 2.16. The Balaban J connectivity index is 1.63. The Bertz CT molecular complexity index is 570. The Kier molecular flexibility index (Phi) is 4.10. The Morgan fingerprint density at radius 1 is 1.33 bits per heavy atom. The van der Waals surface area contributed by atoms with Crippen molar-refractivity contribution in [3.8, 4) is 0 Å². The summed E-state index contributed by atoms with van der Waals surface area (Å²) < 4.78 is 5.72. The van der Waals surface area contributed by atoms with Crippen molar-refractivity contribution in [3.05, 3.63) is 0 Å². The molecule has 3 unspecified atom stereocenters. The molecule has 24 heavy (non-hydrogen) atoms. The first kappa shape index (κ1) is 17.2. The Morgan fingerprint density at radius 3 is 2.58 bits per heavy atom. The van der Waals surface area contributed by atoms with Gasteiger partial charge >= 0.3 is 6.03 Å². The van der Waals surface area contributed by atoms with Gasteiger partial charge in [-0.3, -0.25) is 14.5 Å². The van der Waals surface area contributed by atoms with Gasteiger partial charge in [0.15, 0.2) is 0 Å². The maximum atomic E-state index is 12.6. The summed E-state index contributed by atoms with van der Waals surface area (Å²) >= 11 is 0. The van der Waals surface area contributed by atoms with Gasteiger partial charge in [0.25, 0.3) is 5.91 Å². The number of nitrogens with one attached hydrogen (secondary N) is 2. The number of urea groups is 1. The number of carbonyl (C=O) groups excluding carboxylic acids is 3. The molecule has 1 saturated carbocycles. The lowest BCUT2D eigenvalue weighted by Gasteiger charge is -2.54. The number of fused-ring (bicyclic) bond motifs is 1. The van der Waals surface area contributed by atoms with E-state index in [0.717, 1.165) is 17.9 Å². The fourth-order valence-corrected chi connectivity index (χ4v) is 4.53. The van der Waals surface area contributed by atoms with Gasteiger partial charge in [-0.1, -0.05) is 27.7 Å². The van der Waals surface area contributed by atoms with E-state index in [1.165, 1.54) is 0 Å². The summed E-state index contributed by atoms with van der Waals surface area (Å²) in [6.45, 7) is 8.39. The van der Waals surface area contributed by atoms with Crippen molar-refractivity contribution < 1.29 is 19.1 Å². The third kappa shape index (κ3) is 2.32. The van der Waals surface area contributed by atoms with Gasteiger partial charge in [0, 0.05) is 24.0 Å². The fraction of sp³-hybridized carbons (Fsp3) is 0.824.